The number of hydrogen-bond donors (Lipinski definition) is 1. The number of rotatable bonds is 4. The van der Waals surface area contributed by atoms with Crippen LogP contribution in [0.15, 0.2) is 17.2 Å². The minimum Gasteiger partial charge on any atom is -0.348 e. The van der Waals surface area contributed by atoms with Crippen LogP contribution in [-0.2, 0) is 19.5 Å². The van der Waals surface area contributed by atoms with Crippen molar-refractivity contribution in [3.63, 3.8) is 0 Å². The highest BCUT2D eigenvalue weighted by molar-refractivity contribution is 5.92. The Hall–Kier alpha value is -2.51. The average molecular weight is 342 g/mol. The third kappa shape index (κ3) is 3.47. The van der Waals surface area contributed by atoms with Gasteiger partial charge >= 0.3 is 5.69 Å². The molecular weight excluding hydrogens is 320 g/mol. The van der Waals surface area contributed by atoms with Crippen LogP contribution >= 0.6 is 0 Å². The Bertz CT molecular complexity index is 834. The molecule has 2 aliphatic rings. The molecule has 0 saturated heterocycles. The van der Waals surface area contributed by atoms with Gasteiger partial charge in [0.1, 0.15) is 11.5 Å². The van der Waals surface area contributed by atoms with Crippen molar-refractivity contribution < 1.29 is 4.79 Å². The van der Waals surface area contributed by atoms with Crippen LogP contribution in [-0.4, -0.2) is 36.3 Å². The van der Waals surface area contributed by atoms with Crippen molar-refractivity contribution in [3.05, 3.63) is 40.1 Å². The van der Waals surface area contributed by atoms with Crippen molar-refractivity contribution in [2.45, 2.75) is 58.2 Å². The van der Waals surface area contributed by atoms with Crippen molar-refractivity contribution >= 4 is 5.91 Å². The van der Waals surface area contributed by atoms with Gasteiger partial charge in [-0.05, 0) is 38.5 Å². The van der Waals surface area contributed by atoms with Crippen LogP contribution < -0.4 is 11.0 Å². The van der Waals surface area contributed by atoms with E-state index in [0.717, 1.165) is 24.5 Å². The lowest BCUT2D eigenvalue weighted by Crippen LogP contribution is -2.36. The zero-order valence-corrected chi connectivity index (χ0v) is 14.3. The molecule has 1 unspecified atom stereocenters. The van der Waals surface area contributed by atoms with E-state index in [1.54, 1.807) is 15.4 Å². The lowest BCUT2D eigenvalue weighted by Gasteiger charge is -2.15. The summed E-state index contributed by atoms with van der Waals surface area (Å²) < 4.78 is 3.38. The van der Waals surface area contributed by atoms with Gasteiger partial charge in [-0.25, -0.2) is 14.5 Å². The minimum atomic E-state index is -0.219. The molecule has 1 atom stereocenters. The Kier molecular flexibility index (Phi) is 4.10. The highest BCUT2D eigenvalue weighted by Crippen LogP contribution is 2.30. The Morgan fingerprint density at radius 1 is 1.24 bits per heavy atom. The maximum absolute atomic E-state index is 12.5. The van der Waals surface area contributed by atoms with Gasteiger partial charge in [0.15, 0.2) is 0 Å². The summed E-state index contributed by atoms with van der Waals surface area (Å²) in [5, 5.41) is 7.51. The minimum absolute atomic E-state index is 0.00795. The number of nitrogens with zero attached hydrogens (tertiary/aromatic N) is 5. The van der Waals surface area contributed by atoms with E-state index >= 15 is 0 Å². The predicted molar refractivity (Wildman–Crippen MR) is 90.2 cm³/mol. The first-order chi connectivity index (χ1) is 12.1. The number of amides is 1. The van der Waals surface area contributed by atoms with Gasteiger partial charge in [0.2, 0.25) is 0 Å². The Morgan fingerprint density at radius 2 is 2.08 bits per heavy atom. The van der Waals surface area contributed by atoms with Gasteiger partial charge in [-0.1, -0.05) is 0 Å². The summed E-state index contributed by atoms with van der Waals surface area (Å²) in [5.74, 6) is 1.24. The van der Waals surface area contributed by atoms with Crippen LogP contribution in [0, 0.1) is 12.8 Å². The number of aromatic nitrogens is 5. The number of hydrogen-bond acceptors (Lipinski definition) is 5. The number of nitrogens with one attached hydrogen (secondary N) is 1. The first kappa shape index (κ1) is 16.0. The molecule has 0 radical (unpaired) electrons. The van der Waals surface area contributed by atoms with E-state index in [1.165, 1.54) is 19.0 Å². The molecule has 1 amide bonds. The van der Waals surface area contributed by atoms with Gasteiger partial charge in [-0.15, -0.1) is 0 Å². The highest BCUT2D eigenvalue weighted by Gasteiger charge is 2.26. The molecule has 1 fully saturated rings. The SMILES string of the molecule is Cc1cnc(C(=O)NC2CCc3nn(CC4CC4)c(=O)n3CC2)cn1. The number of carbonyl (C=O) groups is 1. The summed E-state index contributed by atoms with van der Waals surface area (Å²) in [5.41, 5.74) is 1.08. The van der Waals surface area contributed by atoms with E-state index < -0.39 is 0 Å². The third-order valence-electron chi connectivity index (χ3n) is 4.89. The van der Waals surface area contributed by atoms with Crippen molar-refractivity contribution in [3.8, 4) is 0 Å². The monoisotopic (exact) mass is 342 g/mol. The molecule has 2 aromatic heterocycles. The van der Waals surface area contributed by atoms with Gasteiger partial charge in [0, 0.05) is 31.7 Å². The van der Waals surface area contributed by atoms with Crippen molar-refractivity contribution in [1.82, 2.24) is 29.6 Å². The fourth-order valence-corrected chi connectivity index (χ4v) is 3.21. The molecular formula is C17H22N6O2. The third-order valence-corrected chi connectivity index (χ3v) is 4.89. The van der Waals surface area contributed by atoms with Crippen LogP contribution in [0.2, 0.25) is 0 Å². The largest absolute Gasteiger partial charge is 0.348 e. The van der Waals surface area contributed by atoms with E-state index in [9.17, 15) is 9.59 Å². The quantitative estimate of drug-likeness (QED) is 0.882. The van der Waals surface area contributed by atoms with Gasteiger partial charge in [0.25, 0.3) is 5.91 Å². The van der Waals surface area contributed by atoms with E-state index in [4.69, 9.17) is 0 Å². The molecule has 1 aliphatic heterocycles. The molecule has 0 aromatic carbocycles. The molecule has 8 nitrogen and oxygen atoms in total. The second-order valence-electron chi connectivity index (χ2n) is 7.02. The molecule has 0 bridgehead atoms. The normalized spacial score (nSPS) is 20.0. The summed E-state index contributed by atoms with van der Waals surface area (Å²) in [6.45, 7) is 3.16. The van der Waals surface area contributed by atoms with Gasteiger partial charge in [0.05, 0.1) is 11.9 Å². The smallest absolute Gasteiger partial charge is 0.345 e. The second-order valence-corrected chi connectivity index (χ2v) is 7.02. The zero-order valence-electron chi connectivity index (χ0n) is 14.3. The summed E-state index contributed by atoms with van der Waals surface area (Å²) in [6, 6.07) is 0.00795. The average Bonchev–Trinajstić information content (AvgIpc) is 3.39. The van der Waals surface area contributed by atoms with Crippen LogP contribution in [0.3, 0.4) is 0 Å². The van der Waals surface area contributed by atoms with E-state index in [0.29, 0.717) is 31.0 Å². The molecule has 132 valence electrons. The van der Waals surface area contributed by atoms with Crippen LogP contribution in [0.5, 0.6) is 0 Å². The number of aryl methyl sites for hydroxylation is 2. The van der Waals surface area contributed by atoms with E-state index in [2.05, 4.69) is 20.4 Å². The Balaban J connectivity index is 1.40. The maximum Gasteiger partial charge on any atom is 0.345 e. The highest BCUT2D eigenvalue weighted by atomic mass is 16.2. The van der Waals surface area contributed by atoms with E-state index in [-0.39, 0.29) is 17.6 Å². The molecule has 1 aliphatic carbocycles. The molecule has 4 rings (SSSR count). The van der Waals surface area contributed by atoms with E-state index in [1.807, 2.05) is 6.92 Å². The van der Waals surface area contributed by atoms with Crippen molar-refractivity contribution in [2.75, 3.05) is 0 Å². The molecule has 3 heterocycles. The fraction of sp³-hybridized carbons (Fsp3) is 0.588. The molecule has 25 heavy (non-hydrogen) atoms. The van der Waals surface area contributed by atoms with Gasteiger partial charge in [-0.2, -0.15) is 5.10 Å². The standard InChI is InChI=1S/C17H22N6O2/c1-11-8-19-14(9-18-11)16(24)20-13-4-5-15-21-23(10-12-2-3-12)17(25)22(15)7-6-13/h8-9,12-13H,2-7,10H2,1H3,(H,20,24). The topological polar surface area (TPSA) is 94.7 Å². The molecule has 1 N–H and O–H groups in total. The lowest BCUT2D eigenvalue weighted by molar-refractivity contribution is 0.0927. The molecule has 2 aromatic rings. The number of carbonyl (C=O) groups excluding carboxylic acids is 1. The van der Waals surface area contributed by atoms with Gasteiger partial charge < -0.3 is 5.32 Å². The van der Waals surface area contributed by atoms with Gasteiger partial charge in [-0.3, -0.25) is 14.3 Å². The Morgan fingerprint density at radius 3 is 2.80 bits per heavy atom. The van der Waals surface area contributed by atoms with Crippen LogP contribution in [0.4, 0.5) is 0 Å². The summed E-state index contributed by atoms with van der Waals surface area (Å²) in [7, 11) is 0. The lowest BCUT2D eigenvalue weighted by atomic mass is 10.1. The first-order valence-corrected chi connectivity index (χ1v) is 8.86. The Labute approximate surface area is 145 Å². The van der Waals surface area contributed by atoms with Crippen molar-refractivity contribution in [2.24, 2.45) is 5.92 Å². The second kappa shape index (κ2) is 6.42. The first-order valence-electron chi connectivity index (χ1n) is 8.86. The molecule has 0 spiro atoms. The zero-order chi connectivity index (χ0) is 17.4. The summed E-state index contributed by atoms with van der Waals surface area (Å²) in [4.78, 5) is 33.0. The number of fused-ring (bicyclic) bond motifs is 1. The van der Waals surface area contributed by atoms with Crippen molar-refractivity contribution in [1.29, 1.82) is 0 Å². The molecule has 8 heteroatoms. The summed E-state index contributed by atoms with van der Waals surface area (Å²) in [6.07, 6.45) is 7.65. The maximum atomic E-state index is 12.5. The molecule has 1 saturated carbocycles. The van der Waals surface area contributed by atoms with Crippen LogP contribution in [0.1, 0.15) is 47.7 Å². The predicted octanol–water partition coefficient (Wildman–Crippen LogP) is 0.688. The van der Waals surface area contributed by atoms with Crippen LogP contribution in [0.25, 0.3) is 0 Å². The summed E-state index contributed by atoms with van der Waals surface area (Å²) >= 11 is 0. The fourth-order valence-electron chi connectivity index (χ4n) is 3.21.